The molecule has 0 aromatic carbocycles. The van der Waals surface area contributed by atoms with E-state index in [4.69, 9.17) is 5.11 Å². The van der Waals surface area contributed by atoms with Crippen LogP contribution < -0.4 is 0 Å². The summed E-state index contributed by atoms with van der Waals surface area (Å²) in [5, 5.41) is 8.63. The number of aliphatic hydroxyl groups excluding tert-OH is 1. The summed E-state index contributed by atoms with van der Waals surface area (Å²) in [6, 6.07) is 0. The number of hydrogen-bond donors (Lipinski definition) is 1. The van der Waals surface area contributed by atoms with Crippen LogP contribution in [0, 0.1) is 0 Å². The maximum Gasteiger partial charge on any atom is 0.277 e. The molecule has 0 unspecified atom stereocenters. The largest absolute Gasteiger partial charge is 0.515 e. The van der Waals surface area contributed by atoms with Gasteiger partial charge in [-0.15, -0.1) is 0 Å². The minimum Gasteiger partial charge on any atom is -0.515 e. The molecule has 0 aromatic heterocycles. The first-order valence-corrected chi connectivity index (χ1v) is 4.79. The number of hydrogen-bond acceptors (Lipinski definition) is 2. The van der Waals surface area contributed by atoms with E-state index in [-0.39, 0.29) is 11.5 Å². The van der Waals surface area contributed by atoms with E-state index in [0.29, 0.717) is 0 Å². The Morgan fingerprint density at radius 2 is 2.29 bits per heavy atom. The van der Waals surface area contributed by atoms with Gasteiger partial charge in [-0.25, -0.2) is 0 Å². The summed E-state index contributed by atoms with van der Waals surface area (Å²) < 4.78 is 0. The lowest BCUT2D eigenvalue weighted by atomic mass is 10.1. The Morgan fingerprint density at radius 1 is 1.57 bits per heavy atom. The fourth-order valence-corrected chi connectivity index (χ4v) is 1.35. The quantitative estimate of drug-likeness (QED) is 0.510. The lowest BCUT2D eigenvalue weighted by molar-refractivity contribution is -0.114. The van der Waals surface area contributed by atoms with Gasteiger partial charge in [0.1, 0.15) is 5.84 Å². The number of carbonyl (C=O) groups excluding carboxylic acids is 1. The molecule has 4 heteroatoms. The second kappa shape index (κ2) is 4.79. The highest BCUT2D eigenvalue weighted by Gasteiger charge is 2.14. The van der Waals surface area contributed by atoms with Crippen molar-refractivity contribution in [3.8, 4) is 0 Å². The molecule has 0 bridgehead atoms. The number of amidine groups is 1. The van der Waals surface area contributed by atoms with Gasteiger partial charge < -0.3 is 10.0 Å². The van der Waals surface area contributed by atoms with Crippen LogP contribution in [0.1, 0.15) is 26.2 Å². The molecule has 1 N–H and O–H groups in total. The molecule has 0 aliphatic carbocycles. The molecule has 0 atom stereocenters. The number of likely N-dealkylation sites (tertiary alicyclic amines) is 1. The van der Waals surface area contributed by atoms with E-state index >= 15 is 0 Å². The molecule has 1 rings (SSSR count). The number of nitrogens with zero attached hydrogens (tertiary/aromatic N) is 2. The Bertz CT molecular complexity index is 282. The average Bonchev–Trinajstić information content (AvgIpc) is 2.20. The number of amides is 1. The second-order valence-electron chi connectivity index (χ2n) is 3.52. The summed E-state index contributed by atoms with van der Waals surface area (Å²) in [7, 11) is 1.93. The van der Waals surface area contributed by atoms with E-state index < -0.39 is 0 Å². The zero-order valence-corrected chi connectivity index (χ0v) is 8.66. The van der Waals surface area contributed by atoms with Gasteiger partial charge in [-0.2, -0.15) is 4.99 Å². The minimum absolute atomic E-state index is 0.275. The molecule has 0 radical (unpaired) electrons. The van der Waals surface area contributed by atoms with Crippen LogP contribution in [-0.2, 0) is 4.79 Å². The Labute approximate surface area is 83.9 Å². The van der Waals surface area contributed by atoms with Crippen LogP contribution in [0.15, 0.2) is 16.8 Å². The van der Waals surface area contributed by atoms with Crippen molar-refractivity contribution in [2.24, 2.45) is 4.99 Å². The molecule has 1 saturated heterocycles. The van der Waals surface area contributed by atoms with Crippen molar-refractivity contribution < 1.29 is 9.90 Å². The lowest BCUT2D eigenvalue weighted by Crippen LogP contribution is -2.32. The third-order valence-corrected chi connectivity index (χ3v) is 2.35. The van der Waals surface area contributed by atoms with Crippen LogP contribution in [0.25, 0.3) is 0 Å². The van der Waals surface area contributed by atoms with Crippen molar-refractivity contribution >= 4 is 11.7 Å². The van der Waals surface area contributed by atoms with E-state index in [9.17, 15) is 4.79 Å². The average molecular weight is 196 g/mol. The molecule has 1 fully saturated rings. The van der Waals surface area contributed by atoms with Gasteiger partial charge in [0.15, 0.2) is 0 Å². The molecule has 0 saturated carbocycles. The number of aliphatic imine (C=N–C) groups is 1. The molecule has 0 spiro atoms. The van der Waals surface area contributed by atoms with Crippen LogP contribution in [-0.4, -0.2) is 35.3 Å². The maximum absolute atomic E-state index is 11.3. The van der Waals surface area contributed by atoms with Gasteiger partial charge in [-0.1, -0.05) is 0 Å². The van der Waals surface area contributed by atoms with Crippen molar-refractivity contribution in [3.05, 3.63) is 11.8 Å². The van der Waals surface area contributed by atoms with Crippen LogP contribution in [0.2, 0.25) is 0 Å². The first-order chi connectivity index (χ1) is 6.65. The molecular formula is C10H16N2O2. The second-order valence-corrected chi connectivity index (χ2v) is 3.52. The fraction of sp³-hybridized carbons (Fsp3) is 0.600. The number of aliphatic hydroxyl groups is 1. The summed E-state index contributed by atoms with van der Waals surface area (Å²) in [5.74, 6) is 0.471. The van der Waals surface area contributed by atoms with Crippen LogP contribution in [0.3, 0.4) is 0 Å². The summed E-state index contributed by atoms with van der Waals surface area (Å²) >= 11 is 0. The fourth-order valence-electron chi connectivity index (χ4n) is 1.35. The zero-order chi connectivity index (χ0) is 10.6. The molecule has 78 valence electrons. The maximum atomic E-state index is 11.3. The van der Waals surface area contributed by atoms with E-state index in [0.717, 1.165) is 37.9 Å². The normalized spacial score (nSPS) is 21.4. The summed E-state index contributed by atoms with van der Waals surface area (Å²) in [6.07, 6.45) is 3.88. The van der Waals surface area contributed by atoms with E-state index in [1.165, 1.54) is 0 Å². The number of rotatable bonds is 1. The number of carbonyl (C=O) groups is 1. The lowest BCUT2D eigenvalue weighted by Gasteiger charge is -2.25. The Balaban J connectivity index is 2.71. The Kier molecular flexibility index (Phi) is 3.68. The third-order valence-electron chi connectivity index (χ3n) is 2.35. The van der Waals surface area contributed by atoms with Crippen molar-refractivity contribution in [2.45, 2.75) is 26.2 Å². The van der Waals surface area contributed by atoms with Crippen molar-refractivity contribution in [3.63, 3.8) is 0 Å². The van der Waals surface area contributed by atoms with Gasteiger partial charge in [-0.3, -0.25) is 4.79 Å². The minimum atomic E-state index is -0.351. The highest BCUT2D eigenvalue weighted by atomic mass is 16.2. The summed E-state index contributed by atoms with van der Waals surface area (Å²) in [4.78, 5) is 17.3. The smallest absolute Gasteiger partial charge is 0.277 e. The third kappa shape index (κ3) is 2.58. The zero-order valence-electron chi connectivity index (χ0n) is 8.66. The van der Waals surface area contributed by atoms with Crippen molar-refractivity contribution in [1.82, 2.24) is 4.90 Å². The predicted octanol–water partition coefficient (Wildman–Crippen LogP) is 1.49. The van der Waals surface area contributed by atoms with Crippen LogP contribution in [0.5, 0.6) is 0 Å². The van der Waals surface area contributed by atoms with Gasteiger partial charge in [0.25, 0.3) is 5.91 Å². The van der Waals surface area contributed by atoms with Crippen LogP contribution >= 0.6 is 0 Å². The summed E-state index contributed by atoms with van der Waals surface area (Å²) in [6.45, 7) is 2.50. The Morgan fingerprint density at radius 3 is 2.86 bits per heavy atom. The molecule has 0 aromatic rings. The van der Waals surface area contributed by atoms with Gasteiger partial charge in [-0.05, 0) is 19.8 Å². The Hall–Kier alpha value is -1.32. The standard InChI is InChI=1S/C10H16N2O2/c1-8(7-13)10(14)11-9-5-3-4-6-12(9)2/h7,13H,3-6H2,1-2H3/b8-7+,11-9?. The SMILES string of the molecule is C/C(=C\O)C(=O)N=C1CCCCN1C. The molecule has 1 heterocycles. The first-order valence-electron chi connectivity index (χ1n) is 4.79. The van der Waals surface area contributed by atoms with Gasteiger partial charge >= 0.3 is 0 Å². The monoisotopic (exact) mass is 196 g/mol. The molecule has 1 aliphatic rings. The van der Waals surface area contributed by atoms with Gasteiger partial charge in [0, 0.05) is 20.0 Å². The first kappa shape index (κ1) is 10.8. The van der Waals surface area contributed by atoms with E-state index in [1.54, 1.807) is 6.92 Å². The van der Waals surface area contributed by atoms with E-state index in [2.05, 4.69) is 4.99 Å². The van der Waals surface area contributed by atoms with Gasteiger partial charge in [0.05, 0.1) is 11.8 Å². The van der Waals surface area contributed by atoms with Crippen molar-refractivity contribution in [1.29, 1.82) is 0 Å². The highest BCUT2D eigenvalue weighted by molar-refractivity contribution is 6.02. The topological polar surface area (TPSA) is 52.9 Å². The molecule has 1 amide bonds. The highest BCUT2D eigenvalue weighted by Crippen LogP contribution is 2.10. The number of piperidine rings is 1. The van der Waals surface area contributed by atoms with Crippen LogP contribution in [0.4, 0.5) is 0 Å². The van der Waals surface area contributed by atoms with Crippen molar-refractivity contribution in [2.75, 3.05) is 13.6 Å². The van der Waals surface area contributed by atoms with E-state index in [1.807, 2.05) is 11.9 Å². The van der Waals surface area contributed by atoms with Gasteiger partial charge in [0.2, 0.25) is 0 Å². The molecule has 4 nitrogen and oxygen atoms in total. The summed E-state index contributed by atoms with van der Waals surface area (Å²) in [5.41, 5.74) is 0.275. The molecule has 1 aliphatic heterocycles. The molecule has 14 heavy (non-hydrogen) atoms. The predicted molar refractivity (Wildman–Crippen MR) is 55.3 cm³/mol. The molecular weight excluding hydrogens is 180 g/mol.